The predicted molar refractivity (Wildman–Crippen MR) is 166 cm³/mol. The first-order valence-corrected chi connectivity index (χ1v) is 14.6. The van der Waals surface area contributed by atoms with Gasteiger partial charge in [0.05, 0.1) is 0 Å². The topological polar surface area (TPSA) is 87.7 Å². The molecule has 0 saturated heterocycles. The summed E-state index contributed by atoms with van der Waals surface area (Å²) in [4.78, 5) is 42.3. The fourth-order valence-electron chi connectivity index (χ4n) is 4.93. The van der Waals surface area contributed by atoms with Crippen LogP contribution in [0.1, 0.15) is 83.0 Å². The van der Waals surface area contributed by atoms with E-state index >= 15 is 0 Å². The van der Waals surface area contributed by atoms with Crippen molar-refractivity contribution >= 4 is 34.4 Å². The second kappa shape index (κ2) is 14.2. The number of alkyl carbamates (subject to hydrolysis) is 1. The molecule has 0 aliphatic heterocycles. The average Bonchev–Trinajstić information content (AvgIpc) is 2.89. The maximum Gasteiger partial charge on any atom is 0.408 e. The molecule has 2 N–H and O–H groups in total. The number of nitrogens with zero attached hydrogens (tertiary/aromatic N) is 1. The zero-order valence-corrected chi connectivity index (χ0v) is 25.5. The maximum atomic E-state index is 14.1. The Labute approximate surface area is 244 Å². The van der Waals surface area contributed by atoms with Gasteiger partial charge in [0, 0.05) is 12.2 Å². The van der Waals surface area contributed by atoms with Crippen molar-refractivity contribution in [3.8, 4) is 0 Å². The number of hydrogen-bond acceptors (Lipinski definition) is 4. The molecule has 0 aliphatic carbocycles. The number of anilines is 1. The van der Waals surface area contributed by atoms with E-state index in [4.69, 9.17) is 4.74 Å². The average molecular weight is 560 g/mol. The second-order valence-electron chi connectivity index (χ2n) is 11.8. The number of nitrogens with one attached hydrogen (secondary N) is 2. The van der Waals surface area contributed by atoms with Gasteiger partial charge in [-0.15, -0.1) is 0 Å². The lowest BCUT2D eigenvalue weighted by molar-refractivity contribution is -0.140. The van der Waals surface area contributed by atoms with E-state index in [0.29, 0.717) is 12.2 Å². The number of amides is 3. The fourth-order valence-corrected chi connectivity index (χ4v) is 4.93. The summed E-state index contributed by atoms with van der Waals surface area (Å²) in [7, 11) is 0. The van der Waals surface area contributed by atoms with Crippen LogP contribution in [0.5, 0.6) is 0 Å². The molecule has 7 heteroatoms. The summed E-state index contributed by atoms with van der Waals surface area (Å²) in [6, 6.07) is 17.9. The summed E-state index contributed by atoms with van der Waals surface area (Å²) < 4.78 is 5.39. The number of benzene rings is 3. The largest absolute Gasteiger partial charge is 0.444 e. The molecule has 2 atom stereocenters. The quantitative estimate of drug-likeness (QED) is 0.239. The Morgan fingerprint density at radius 1 is 0.902 bits per heavy atom. The predicted octanol–water partition coefficient (Wildman–Crippen LogP) is 7.46. The minimum atomic E-state index is -0.891. The third-order valence-corrected chi connectivity index (χ3v) is 6.94. The first kappa shape index (κ1) is 31.7. The van der Waals surface area contributed by atoms with Gasteiger partial charge in [0.15, 0.2) is 0 Å². The number of carbonyl (C=O) groups excluding carboxylic acids is 3. The molecule has 0 bridgehead atoms. The summed E-state index contributed by atoms with van der Waals surface area (Å²) in [5.74, 6) is -0.647. The molecule has 0 radical (unpaired) electrons. The van der Waals surface area contributed by atoms with Crippen LogP contribution < -0.4 is 10.6 Å². The molecule has 0 saturated carbocycles. The summed E-state index contributed by atoms with van der Waals surface area (Å²) in [6.07, 6.45) is 3.08. The Balaban J connectivity index is 1.99. The molecular formula is C34H45N3O4. The minimum Gasteiger partial charge on any atom is -0.444 e. The van der Waals surface area contributed by atoms with Crippen LogP contribution in [0, 0.1) is 13.8 Å². The summed E-state index contributed by atoms with van der Waals surface area (Å²) in [5.41, 5.74) is 2.70. The monoisotopic (exact) mass is 559 g/mol. The van der Waals surface area contributed by atoms with Crippen molar-refractivity contribution in [2.24, 2.45) is 0 Å². The highest BCUT2D eigenvalue weighted by Crippen LogP contribution is 2.29. The highest BCUT2D eigenvalue weighted by molar-refractivity contribution is 6.00. The van der Waals surface area contributed by atoms with Gasteiger partial charge in [-0.2, -0.15) is 0 Å². The van der Waals surface area contributed by atoms with Crippen LogP contribution in [-0.2, 0) is 14.3 Å². The van der Waals surface area contributed by atoms with Gasteiger partial charge in [0.25, 0.3) is 5.91 Å². The molecule has 7 nitrogen and oxygen atoms in total. The smallest absolute Gasteiger partial charge is 0.408 e. The molecule has 3 rings (SSSR count). The van der Waals surface area contributed by atoms with E-state index in [1.165, 1.54) is 0 Å². The Kier molecular flexibility index (Phi) is 10.9. The number of ether oxygens (including phenoxy) is 1. The molecule has 0 heterocycles. The first-order chi connectivity index (χ1) is 19.4. The number of rotatable bonds is 11. The van der Waals surface area contributed by atoms with Crippen LogP contribution in [0.3, 0.4) is 0 Å². The van der Waals surface area contributed by atoms with Gasteiger partial charge in [0.2, 0.25) is 5.91 Å². The number of fused-ring (bicyclic) bond motifs is 1. The lowest BCUT2D eigenvalue weighted by Gasteiger charge is -2.34. The standard InChI is InChI=1S/C34H45N3O4/c1-8-9-10-13-20-37(32(39)25(4)35-33(40)41-34(5,6)7)30(29-19-16-23(2)21-24(29)3)31(38)36-28-18-17-26-14-11-12-15-27(26)22-28/h11-12,14-19,21-22,25,30H,8-10,13,20H2,1-7H3,(H,35,40)(H,36,38). The molecular weight excluding hydrogens is 514 g/mol. The molecule has 0 aromatic heterocycles. The van der Waals surface area contributed by atoms with Gasteiger partial charge in [-0.3, -0.25) is 9.59 Å². The zero-order valence-electron chi connectivity index (χ0n) is 25.5. The lowest BCUT2D eigenvalue weighted by Crippen LogP contribution is -2.51. The number of aryl methyl sites for hydroxylation is 2. The zero-order chi connectivity index (χ0) is 30.2. The van der Waals surface area contributed by atoms with Gasteiger partial charge in [-0.1, -0.05) is 80.3 Å². The number of hydrogen-bond donors (Lipinski definition) is 2. The van der Waals surface area contributed by atoms with E-state index in [-0.39, 0.29) is 11.8 Å². The van der Waals surface area contributed by atoms with E-state index < -0.39 is 23.8 Å². The first-order valence-electron chi connectivity index (χ1n) is 14.6. The molecule has 0 aliphatic rings. The van der Waals surface area contributed by atoms with E-state index in [1.54, 1.807) is 32.6 Å². The van der Waals surface area contributed by atoms with Crippen molar-refractivity contribution in [1.82, 2.24) is 10.2 Å². The third kappa shape index (κ3) is 9.07. The van der Waals surface area contributed by atoms with Gasteiger partial charge in [-0.25, -0.2) is 4.79 Å². The number of unbranched alkanes of at least 4 members (excludes halogenated alkanes) is 3. The summed E-state index contributed by atoms with van der Waals surface area (Å²) in [5, 5.41) is 7.84. The summed E-state index contributed by atoms with van der Waals surface area (Å²) >= 11 is 0. The molecule has 3 aromatic carbocycles. The van der Waals surface area contributed by atoms with Gasteiger partial charge >= 0.3 is 6.09 Å². The van der Waals surface area contributed by atoms with Crippen LogP contribution in [0.4, 0.5) is 10.5 Å². The lowest BCUT2D eigenvalue weighted by atomic mass is 9.96. The van der Waals surface area contributed by atoms with Crippen molar-refractivity contribution in [2.45, 2.75) is 91.8 Å². The van der Waals surface area contributed by atoms with Crippen LogP contribution in [0.15, 0.2) is 60.7 Å². The van der Waals surface area contributed by atoms with E-state index in [0.717, 1.165) is 53.1 Å². The summed E-state index contributed by atoms with van der Waals surface area (Å²) in [6.45, 7) is 13.4. The molecule has 3 aromatic rings. The maximum absolute atomic E-state index is 14.1. The molecule has 3 amide bonds. The highest BCUT2D eigenvalue weighted by atomic mass is 16.6. The van der Waals surface area contributed by atoms with E-state index in [1.807, 2.05) is 74.5 Å². The Bertz CT molecular complexity index is 1360. The van der Waals surface area contributed by atoms with Gasteiger partial charge < -0.3 is 20.3 Å². The molecule has 0 spiro atoms. The van der Waals surface area contributed by atoms with E-state index in [9.17, 15) is 14.4 Å². The third-order valence-electron chi connectivity index (χ3n) is 6.94. The van der Waals surface area contributed by atoms with Crippen molar-refractivity contribution in [2.75, 3.05) is 11.9 Å². The van der Waals surface area contributed by atoms with Crippen LogP contribution in [0.25, 0.3) is 10.8 Å². The highest BCUT2D eigenvalue weighted by Gasteiger charge is 2.35. The van der Waals surface area contributed by atoms with Gasteiger partial charge in [0.1, 0.15) is 17.7 Å². The molecule has 2 unspecified atom stereocenters. The van der Waals surface area contributed by atoms with Crippen molar-refractivity contribution in [3.05, 3.63) is 77.4 Å². The van der Waals surface area contributed by atoms with Crippen molar-refractivity contribution in [1.29, 1.82) is 0 Å². The Morgan fingerprint density at radius 3 is 2.27 bits per heavy atom. The van der Waals surface area contributed by atoms with Crippen molar-refractivity contribution in [3.63, 3.8) is 0 Å². The van der Waals surface area contributed by atoms with Crippen molar-refractivity contribution < 1.29 is 19.1 Å². The Morgan fingerprint density at radius 2 is 1.61 bits per heavy atom. The van der Waals surface area contributed by atoms with Crippen LogP contribution in [-0.4, -0.2) is 41.0 Å². The van der Waals surface area contributed by atoms with E-state index in [2.05, 4.69) is 17.6 Å². The fraction of sp³-hybridized carbons (Fsp3) is 0.441. The molecule has 0 fully saturated rings. The Hall–Kier alpha value is -3.87. The van der Waals surface area contributed by atoms with Crippen LogP contribution >= 0.6 is 0 Å². The molecule has 41 heavy (non-hydrogen) atoms. The van der Waals surface area contributed by atoms with Crippen LogP contribution in [0.2, 0.25) is 0 Å². The normalized spacial score (nSPS) is 12.9. The van der Waals surface area contributed by atoms with Gasteiger partial charge in [-0.05, 0) is 82.0 Å². The minimum absolute atomic E-state index is 0.305. The SMILES string of the molecule is CCCCCCN(C(=O)C(C)NC(=O)OC(C)(C)C)C(C(=O)Nc1ccc2ccccc2c1)c1ccc(C)cc1C. The number of carbonyl (C=O) groups is 3. The second-order valence-corrected chi connectivity index (χ2v) is 11.8. The molecule has 220 valence electrons.